The first kappa shape index (κ1) is 27.0. The number of anilines is 1. The summed E-state index contributed by atoms with van der Waals surface area (Å²) in [5.41, 5.74) is -2.19. The predicted octanol–water partition coefficient (Wildman–Crippen LogP) is 5.12. The standard InChI is InChI=1S/C25H21F6N5O2S/c26-24(27,28)16-3-1-14(19(9-16)25(29,30)31)8-18(13-2-4-20-15(7-13)10-33-35-20)21-22(38)34-23(39-21)36-6-5-32-17(11-36)12-37/h1-4,7-10,17,32,37-38H,5-6,11-12H2,(H,33,35)/t17-/m0/s1. The zero-order valence-electron chi connectivity index (χ0n) is 19.9. The smallest absolute Gasteiger partial charge is 0.417 e. The van der Waals surface area contributed by atoms with Gasteiger partial charge in [-0.15, -0.1) is 0 Å². The van der Waals surface area contributed by atoms with Crippen molar-refractivity contribution in [3.63, 3.8) is 0 Å². The van der Waals surface area contributed by atoms with E-state index in [2.05, 4.69) is 20.5 Å². The number of aliphatic hydroxyl groups excluding tert-OH is 1. The SMILES string of the molecule is OC[C@@H]1CN(c2nc(O)c(C(=Cc3ccc(C(F)(F)F)cc3C(F)(F)F)c3ccc4[nH]ncc4c3)s2)CCN1. The Labute approximate surface area is 221 Å². The van der Waals surface area contributed by atoms with Gasteiger partial charge in [-0.3, -0.25) is 5.10 Å². The van der Waals surface area contributed by atoms with Crippen LogP contribution >= 0.6 is 11.3 Å². The topological polar surface area (TPSA) is 97.3 Å². The molecule has 1 fully saturated rings. The number of aromatic hydroxyl groups is 1. The zero-order valence-corrected chi connectivity index (χ0v) is 20.8. The highest BCUT2D eigenvalue weighted by Crippen LogP contribution is 2.43. The van der Waals surface area contributed by atoms with Crippen LogP contribution in [0.15, 0.2) is 42.6 Å². The monoisotopic (exact) mass is 569 g/mol. The van der Waals surface area contributed by atoms with Gasteiger partial charge in [0.15, 0.2) is 5.13 Å². The molecule has 3 heterocycles. The first-order valence-corrected chi connectivity index (χ1v) is 12.5. The number of hydrogen-bond acceptors (Lipinski definition) is 7. The van der Waals surface area contributed by atoms with Crippen LogP contribution in [-0.4, -0.2) is 57.7 Å². The van der Waals surface area contributed by atoms with Crippen molar-refractivity contribution < 1.29 is 36.6 Å². The molecule has 0 aliphatic carbocycles. The van der Waals surface area contributed by atoms with E-state index in [1.54, 1.807) is 18.2 Å². The Balaban J connectivity index is 1.67. The van der Waals surface area contributed by atoms with E-state index in [1.165, 1.54) is 6.20 Å². The Morgan fingerprint density at radius 1 is 1.10 bits per heavy atom. The molecule has 1 atom stereocenters. The Kier molecular flexibility index (Phi) is 7.03. The van der Waals surface area contributed by atoms with Crippen LogP contribution in [0.1, 0.15) is 27.1 Å². The van der Waals surface area contributed by atoms with E-state index in [-0.39, 0.29) is 29.2 Å². The van der Waals surface area contributed by atoms with Gasteiger partial charge in [-0.05, 0) is 41.5 Å². The van der Waals surface area contributed by atoms with Gasteiger partial charge in [0.1, 0.15) is 4.88 Å². The minimum atomic E-state index is -5.08. The fourth-order valence-electron chi connectivity index (χ4n) is 4.38. The van der Waals surface area contributed by atoms with Crippen LogP contribution in [0, 0.1) is 0 Å². The third-order valence-electron chi connectivity index (χ3n) is 6.33. The van der Waals surface area contributed by atoms with Gasteiger partial charge in [-0.2, -0.15) is 36.4 Å². The van der Waals surface area contributed by atoms with Crippen molar-refractivity contribution in [2.24, 2.45) is 0 Å². The minimum Gasteiger partial charge on any atom is -0.492 e. The number of fused-ring (bicyclic) bond motifs is 1. The van der Waals surface area contributed by atoms with Crippen molar-refractivity contribution in [1.82, 2.24) is 20.5 Å². The maximum Gasteiger partial charge on any atom is 0.417 e. The molecule has 4 N–H and O–H groups in total. The van der Waals surface area contributed by atoms with Gasteiger partial charge in [0.2, 0.25) is 5.88 Å². The fraction of sp³-hybridized carbons (Fsp3) is 0.280. The van der Waals surface area contributed by atoms with Crippen molar-refractivity contribution in [3.8, 4) is 5.88 Å². The van der Waals surface area contributed by atoms with Gasteiger partial charge in [-0.1, -0.05) is 23.5 Å². The maximum atomic E-state index is 13.9. The lowest BCUT2D eigenvalue weighted by Gasteiger charge is -2.32. The van der Waals surface area contributed by atoms with Crippen molar-refractivity contribution in [1.29, 1.82) is 0 Å². The van der Waals surface area contributed by atoms with Gasteiger partial charge < -0.3 is 20.4 Å². The molecule has 0 unspecified atom stereocenters. The molecule has 1 saturated heterocycles. The van der Waals surface area contributed by atoms with Gasteiger partial charge in [-0.25, -0.2) is 0 Å². The van der Waals surface area contributed by atoms with Crippen LogP contribution < -0.4 is 10.2 Å². The second-order valence-corrected chi connectivity index (χ2v) is 9.93. The number of nitrogens with one attached hydrogen (secondary N) is 2. The zero-order chi connectivity index (χ0) is 27.9. The second-order valence-electron chi connectivity index (χ2n) is 8.96. The van der Waals surface area contributed by atoms with Crippen molar-refractivity contribution in [3.05, 3.63) is 69.7 Å². The third kappa shape index (κ3) is 5.58. The fourth-order valence-corrected chi connectivity index (χ4v) is 5.42. The quantitative estimate of drug-likeness (QED) is 0.197. The van der Waals surface area contributed by atoms with Crippen LogP contribution in [-0.2, 0) is 12.4 Å². The summed E-state index contributed by atoms with van der Waals surface area (Å²) in [6, 6.07) is 6.12. The van der Waals surface area contributed by atoms with Gasteiger partial charge >= 0.3 is 12.4 Å². The van der Waals surface area contributed by atoms with E-state index >= 15 is 0 Å². The number of aliphatic hydroxyl groups is 1. The Hall–Kier alpha value is -3.62. The molecule has 4 aromatic rings. The highest BCUT2D eigenvalue weighted by Gasteiger charge is 2.38. The number of halogens is 6. The summed E-state index contributed by atoms with van der Waals surface area (Å²) in [5.74, 6) is -0.437. The summed E-state index contributed by atoms with van der Waals surface area (Å²) in [4.78, 5) is 6.19. The molecule has 0 radical (unpaired) electrons. The molecule has 206 valence electrons. The summed E-state index contributed by atoms with van der Waals surface area (Å²) in [6.07, 6.45) is -7.41. The number of aromatic nitrogens is 3. The molecule has 0 amide bonds. The van der Waals surface area contributed by atoms with E-state index in [1.807, 2.05) is 4.90 Å². The van der Waals surface area contributed by atoms with Crippen molar-refractivity contribution >= 4 is 39.0 Å². The second kappa shape index (κ2) is 10.2. The third-order valence-corrected chi connectivity index (χ3v) is 7.46. The summed E-state index contributed by atoms with van der Waals surface area (Å²) in [5, 5.41) is 31.2. The van der Waals surface area contributed by atoms with E-state index in [0.717, 1.165) is 23.5 Å². The number of alkyl halides is 6. The number of nitrogens with zero attached hydrogens (tertiary/aromatic N) is 3. The highest BCUT2D eigenvalue weighted by molar-refractivity contribution is 7.17. The van der Waals surface area contributed by atoms with Gasteiger partial charge in [0, 0.05) is 36.6 Å². The Morgan fingerprint density at radius 2 is 1.90 bits per heavy atom. The molecule has 2 aromatic heterocycles. The Morgan fingerprint density at radius 3 is 2.62 bits per heavy atom. The number of rotatable bonds is 5. The lowest BCUT2D eigenvalue weighted by molar-refractivity contribution is -0.143. The normalized spacial score (nSPS) is 17.3. The molecule has 0 spiro atoms. The van der Waals surface area contributed by atoms with E-state index in [0.29, 0.717) is 47.3 Å². The minimum absolute atomic E-state index is 0.0798. The van der Waals surface area contributed by atoms with Crippen LogP contribution in [0.4, 0.5) is 31.5 Å². The summed E-state index contributed by atoms with van der Waals surface area (Å²) >= 11 is 1.03. The van der Waals surface area contributed by atoms with Crippen LogP contribution in [0.5, 0.6) is 5.88 Å². The number of benzene rings is 2. The molecule has 7 nitrogen and oxygen atoms in total. The van der Waals surface area contributed by atoms with Crippen LogP contribution in [0.3, 0.4) is 0 Å². The molecule has 0 bridgehead atoms. The first-order valence-electron chi connectivity index (χ1n) is 11.7. The predicted molar refractivity (Wildman–Crippen MR) is 134 cm³/mol. The highest BCUT2D eigenvalue weighted by atomic mass is 32.1. The van der Waals surface area contributed by atoms with Gasteiger partial charge in [0.25, 0.3) is 0 Å². The average molecular weight is 570 g/mol. The van der Waals surface area contributed by atoms with E-state index in [9.17, 15) is 36.6 Å². The van der Waals surface area contributed by atoms with E-state index < -0.39 is 34.9 Å². The number of thiazole rings is 1. The summed E-state index contributed by atoms with van der Waals surface area (Å²) < 4.78 is 81.5. The van der Waals surface area contributed by atoms with Crippen molar-refractivity contribution in [2.45, 2.75) is 18.4 Å². The molecular formula is C25H21F6N5O2S. The number of hydrogen-bond donors (Lipinski definition) is 4. The van der Waals surface area contributed by atoms with Crippen LogP contribution in [0.25, 0.3) is 22.6 Å². The van der Waals surface area contributed by atoms with Crippen LogP contribution in [0.2, 0.25) is 0 Å². The first-order chi connectivity index (χ1) is 18.4. The summed E-state index contributed by atoms with van der Waals surface area (Å²) in [6.45, 7) is 1.33. The number of H-pyrrole nitrogens is 1. The van der Waals surface area contributed by atoms with Crippen molar-refractivity contribution in [2.75, 3.05) is 31.1 Å². The molecule has 39 heavy (non-hydrogen) atoms. The van der Waals surface area contributed by atoms with E-state index in [4.69, 9.17) is 0 Å². The molecule has 14 heteroatoms. The molecular weight excluding hydrogens is 548 g/mol. The largest absolute Gasteiger partial charge is 0.492 e. The summed E-state index contributed by atoms with van der Waals surface area (Å²) in [7, 11) is 0. The number of aromatic amines is 1. The average Bonchev–Trinajstić information content (AvgIpc) is 3.52. The molecule has 1 aliphatic rings. The molecule has 0 saturated carbocycles. The lowest BCUT2D eigenvalue weighted by atomic mass is 9.96. The lowest BCUT2D eigenvalue weighted by Crippen LogP contribution is -2.52. The maximum absolute atomic E-state index is 13.9. The van der Waals surface area contributed by atoms with Gasteiger partial charge in [0.05, 0.1) is 29.4 Å². The Bertz CT molecular complexity index is 1530. The molecule has 5 rings (SSSR count). The molecule has 1 aliphatic heterocycles. The number of piperazine rings is 1. The molecule has 2 aromatic carbocycles.